The predicted molar refractivity (Wildman–Crippen MR) is 74.8 cm³/mol. The molecule has 1 fully saturated rings. The average molecular weight is 262 g/mol. The van der Waals surface area contributed by atoms with Crippen molar-refractivity contribution in [2.45, 2.75) is 25.9 Å². The molecule has 104 valence electrons. The minimum absolute atomic E-state index is 0.171. The number of carbonyl (C=O) groups excluding carboxylic acids is 1. The van der Waals surface area contributed by atoms with E-state index in [1.54, 1.807) is 0 Å². The summed E-state index contributed by atoms with van der Waals surface area (Å²) in [6.45, 7) is 5.08. The van der Waals surface area contributed by atoms with Crippen LogP contribution in [0.3, 0.4) is 0 Å². The van der Waals surface area contributed by atoms with Crippen molar-refractivity contribution in [3.05, 3.63) is 35.9 Å². The summed E-state index contributed by atoms with van der Waals surface area (Å²) in [5.74, 6) is 0.492. The lowest BCUT2D eigenvalue weighted by Gasteiger charge is -2.37. The Kier molecular flexibility index (Phi) is 4.80. The quantitative estimate of drug-likeness (QED) is 0.908. The van der Waals surface area contributed by atoms with E-state index in [1.165, 1.54) is 12.7 Å². The number of piperidine rings is 1. The van der Waals surface area contributed by atoms with Crippen LogP contribution in [0.15, 0.2) is 30.3 Å². The van der Waals surface area contributed by atoms with E-state index in [1.807, 2.05) is 6.07 Å². The highest BCUT2D eigenvalue weighted by Crippen LogP contribution is 2.19. The van der Waals surface area contributed by atoms with E-state index in [0.717, 1.165) is 26.1 Å². The summed E-state index contributed by atoms with van der Waals surface area (Å²) >= 11 is 0. The van der Waals surface area contributed by atoms with Crippen LogP contribution in [0.5, 0.6) is 0 Å². The molecule has 1 aromatic rings. The Balaban J connectivity index is 1.91. The molecule has 0 bridgehead atoms. The van der Waals surface area contributed by atoms with Crippen molar-refractivity contribution in [1.82, 2.24) is 10.2 Å². The fraction of sp³-hybridized carbons (Fsp3) is 0.533. The summed E-state index contributed by atoms with van der Waals surface area (Å²) in [6.07, 6.45) is 0.764. The standard InChI is InChI=1S/C15H22N2O2/c1-12-8-9-17(10-13-6-4-3-5-7-13)11-14(12)16-15(18)19-2/h3-7,12,14H,8-11H2,1-2H3,(H,16,18)/t12-,14+/m1/s1. The summed E-state index contributed by atoms with van der Waals surface area (Å²) in [5, 5.41) is 2.93. The Hall–Kier alpha value is -1.55. The number of likely N-dealkylation sites (tertiary alicyclic amines) is 1. The van der Waals surface area contributed by atoms with Crippen LogP contribution in [-0.4, -0.2) is 37.2 Å². The first kappa shape index (κ1) is 13.9. The second-order valence-electron chi connectivity index (χ2n) is 5.23. The van der Waals surface area contributed by atoms with Crippen LogP contribution in [0.1, 0.15) is 18.9 Å². The van der Waals surface area contributed by atoms with Gasteiger partial charge in [-0.1, -0.05) is 37.3 Å². The molecule has 0 saturated carbocycles. The third-order valence-electron chi connectivity index (χ3n) is 3.78. The van der Waals surface area contributed by atoms with E-state index in [9.17, 15) is 4.79 Å². The minimum Gasteiger partial charge on any atom is -0.453 e. The molecule has 4 heteroatoms. The lowest BCUT2D eigenvalue weighted by atomic mass is 9.93. The molecule has 1 amide bonds. The van der Waals surface area contributed by atoms with Gasteiger partial charge in [0.25, 0.3) is 0 Å². The van der Waals surface area contributed by atoms with Gasteiger partial charge in [0.1, 0.15) is 0 Å². The van der Waals surface area contributed by atoms with Crippen LogP contribution in [0, 0.1) is 5.92 Å². The molecule has 1 aromatic carbocycles. The van der Waals surface area contributed by atoms with E-state index in [0.29, 0.717) is 5.92 Å². The van der Waals surface area contributed by atoms with E-state index in [2.05, 4.69) is 46.1 Å². The lowest BCUT2D eigenvalue weighted by Crippen LogP contribution is -2.51. The molecule has 1 N–H and O–H groups in total. The van der Waals surface area contributed by atoms with Crippen molar-refractivity contribution >= 4 is 6.09 Å². The second kappa shape index (κ2) is 6.57. The number of nitrogens with one attached hydrogen (secondary N) is 1. The fourth-order valence-corrected chi connectivity index (χ4v) is 2.52. The van der Waals surface area contributed by atoms with Gasteiger partial charge in [0.2, 0.25) is 0 Å². The van der Waals surface area contributed by atoms with Gasteiger partial charge in [-0.15, -0.1) is 0 Å². The third-order valence-corrected chi connectivity index (χ3v) is 3.78. The van der Waals surface area contributed by atoms with Crippen LogP contribution in [0.4, 0.5) is 4.79 Å². The highest BCUT2D eigenvalue weighted by Gasteiger charge is 2.27. The summed E-state index contributed by atoms with van der Waals surface area (Å²) in [5.41, 5.74) is 1.31. The van der Waals surface area contributed by atoms with Crippen molar-refractivity contribution in [3.8, 4) is 0 Å². The monoisotopic (exact) mass is 262 g/mol. The summed E-state index contributed by atoms with van der Waals surface area (Å²) < 4.78 is 4.69. The smallest absolute Gasteiger partial charge is 0.407 e. The molecule has 4 nitrogen and oxygen atoms in total. The van der Waals surface area contributed by atoms with Crippen LogP contribution in [-0.2, 0) is 11.3 Å². The Labute approximate surface area is 114 Å². The number of amides is 1. The number of rotatable bonds is 3. The average Bonchev–Trinajstić information content (AvgIpc) is 2.43. The number of hydrogen-bond donors (Lipinski definition) is 1. The van der Waals surface area contributed by atoms with Gasteiger partial charge in [-0.2, -0.15) is 0 Å². The van der Waals surface area contributed by atoms with E-state index in [4.69, 9.17) is 0 Å². The van der Waals surface area contributed by atoms with Gasteiger partial charge in [0.05, 0.1) is 7.11 Å². The van der Waals surface area contributed by atoms with Crippen molar-refractivity contribution in [3.63, 3.8) is 0 Å². The first-order chi connectivity index (χ1) is 9.19. The molecule has 0 aliphatic carbocycles. The maximum Gasteiger partial charge on any atom is 0.407 e. The summed E-state index contributed by atoms with van der Waals surface area (Å²) in [6, 6.07) is 10.6. The molecule has 0 spiro atoms. The Morgan fingerprint density at radius 2 is 2.16 bits per heavy atom. The van der Waals surface area contributed by atoms with Crippen molar-refractivity contribution in [2.75, 3.05) is 20.2 Å². The number of benzene rings is 1. The van der Waals surface area contributed by atoms with Crippen molar-refractivity contribution < 1.29 is 9.53 Å². The summed E-state index contributed by atoms with van der Waals surface area (Å²) in [7, 11) is 1.41. The molecular formula is C15H22N2O2. The molecule has 0 radical (unpaired) electrons. The normalized spacial score (nSPS) is 23.9. The van der Waals surface area contributed by atoms with Gasteiger partial charge in [0.15, 0.2) is 0 Å². The molecule has 0 unspecified atom stereocenters. The number of ether oxygens (including phenoxy) is 1. The van der Waals surface area contributed by atoms with Crippen LogP contribution < -0.4 is 5.32 Å². The number of alkyl carbamates (subject to hydrolysis) is 1. The van der Waals surface area contributed by atoms with Crippen molar-refractivity contribution in [2.24, 2.45) is 5.92 Å². The summed E-state index contributed by atoms with van der Waals surface area (Å²) in [4.78, 5) is 13.7. The molecule has 1 saturated heterocycles. The first-order valence-electron chi connectivity index (χ1n) is 6.80. The topological polar surface area (TPSA) is 41.6 Å². The highest BCUT2D eigenvalue weighted by atomic mass is 16.5. The molecular weight excluding hydrogens is 240 g/mol. The van der Waals surface area contributed by atoms with Gasteiger partial charge >= 0.3 is 6.09 Å². The number of hydrogen-bond acceptors (Lipinski definition) is 3. The first-order valence-corrected chi connectivity index (χ1v) is 6.80. The zero-order valence-corrected chi connectivity index (χ0v) is 11.6. The maximum absolute atomic E-state index is 11.3. The van der Waals surface area contributed by atoms with Gasteiger partial charge in [-0.3, -0.25) is 4.90 Å². The molecule has 2 atom stereocenters. The lowest BCUT2D eigenvalue weighted by molar-refractivity contribution is 0.123. The van der Waals surface area contributed by atoms with Gasteiger partial charge in [-0.25, -0.2) is 4.79 Å². The Bertz CT molecular complexity index is 408. The van der Waals surface area contributed by atoms with E-state index < -0.39 is 0 Å². The number of carbonyl (C=O) groups is 1. The predicted octanol–water partition coefficient (Wildman–Crippen LogP) is 2.25. The van der Waals surface area contributed by atoms with Gasteiger partial charge < -0.3 is 10.1 Å². The van der Waals surface area contributed by atoms with E-state index in [-0.39, 0.29) is 12.1 Å². The molecule has 1 heterocycles. The number of nitrogens with zero attached hydrogens (tertiary/aromatic N) is 1. The Morgan fingerprint density at radius 3 is 2.84 bits per heavy atom. The maximum atomic E-state index is 11.3. The number of methoxy groups -OCH3 is 1. The van der Waals surface area contributed by atoms with Gasteiger partial charge in [-0.05, 0) is 24.4 Å². The Morgan fingerprint density at radius 1 is 1.42 bits per heavy atom. The third kappa shape index (κ3) is 3.96. The zero-order chi connectivity index (χ0) is 13.7. The molecule has 1 aliphatic heterocycles. The highest BCUT2D eigenvalue weighted by molar-refractivity contribution is 5.67. The van der Waals surface area contributed by atoms with Crippen LogP contribution in [0.2, 0.25) is 0 Å². The van der Waals surface area contributed by atoms with Crippen LogP contribution >= 0.6 is 0 Å². The largest absolute Gasteiger partial charge is 0.453 e. The zero-order valence-electron chi connectivity index (χ0n) is 11.6. The molecule has 0 aromatic heterocycles. The molecule has 2 rings (SSSR count). The molecule has 19 heavy (non-hydrogen) atoms. The second-order valence-corrected chi connectivity index (χ2v) is 5.23. The van der Waals surface area contributed by atoms with Crippen molar-refractivity contribution in [1.29, 1.82) is 0 Å². The minimum atomic E-state index is -0.335. The molecule has 1 aliphatic rings. The fourth-order valence-electron chi connectivity index (χ4n) is 2.52. The van der Waals surface area contributed by atoms with Crippen LogP contribution in [0.25, 0.3) is 0 Å². The van der Waals surface area contributed by atoms with Gasteiger partial charge in [0, 0.05) is 19.1 Å². The van der Waals surface area contributed by atoms with E-state index >= 15 is 0 Å². The SMILES string of the molecule is COC(=O)N[C@H]1CN(Cc2ccccc2)CC[C@H]1C.